The van der Waals surface area contributed by atoms with Crippen LogP contribution in [0, 0.1) is 0 Å². The van der Waals surface area contributed by atoms with Crippen LogP contribution in [0.5, 0.6) is 0 Å². The molecule has 0 aliphatic carbocycles. The highest BCUT2D eigenvalue weighted by atomic mass is 32.2. The second-order valence-electron chi connectivity index (χ2n) is 4.87. The standard InChI is InChI=1S/C12H23NO6S/c1-10(2)18-6-7-20(15,16)13-4-5-19-11(9-13)8-12(14)17-3/h10-11H,4-9H2,1-3H3. The van der Waals surface area contributed by atoms with E-state index in [9.17, 15) is 13.2 Å². The van der Waals surface area contributed by atoms with Gasteiger partial charge >= 0.3 is 5.97 Å². The zero-order valence-electron chi connectivity index (χ0n) is 12.2. The van der Waals surface area contributed by atoms with Crippen molar-refractivity contribution in [1.29, 1.82) is 0 Å². The highest BCUT2D eigenvalue weighted by Gasteiger charge is 2.30. The lowest BCUT2D eigenvalue weighted by Gasteiger charge is -2.31. The topological polar surface area (TPSA) is 82.1 Å². The summed E-state index contributed by atoms with van der Waals surface area (Å²) < 4.78 is 40.8. The first-order valence-electron chi connectivity index (χ1n) is 6.63. The van der Waals surface area contributed by atoms with Gasteiger partial charge in [0, 0.05) is 13.1 Å². The molecule has 0 aromatic heterocycles. The van der Waals surface area contributed by atoms with Crippen LogP contribution < -0.4 is 0 Å². The van der Waals surface area contributed by atoms with Gasteiger partial charge in [-0.25, -0.2) is 8.42 Å². The second-order valence-corrected chi connectivity index (χ2v) is 6.96. The fraction of sp³-hybridized carbons (Fsp3) is 0.917. The zero-order chi connectivity index (χ0) is 15.2. The Morgan fingerprint density at radius 1 is 1.45 bits per heavy atom. The van der Waals surface area contributed by atoms with E-state index in [0.29, 0.717) is 6.54 Å². The van der Waals surface area contributed by atoms with E-state index in [-0.39, 0.29) is 38.0 Å². The number of rotatable bonds is 7. The summed E-state index contributed by atoms with van der Waals surface area (Å²) in [4.78, 5) is 11.2. The average molecular weight is 309 g/mol. The Kier molecular flexibility index (Phi) is 6.87. The number of nitrogens with zero attached hydrogens (tertiary/aromatic N) is 1. The van der Waals surface area contributed by atoms with Crippen molar-refractivity contribution in [2.24, 2.45) is 0 Å². The van der Waals surface area contributed by atoms with Crippen molar-refractivity contribution < 1.29 is 27.4 Å². The molecule has 0 radical (unpaired) electrons. The lowest BCUT2D eigenvalue weighted by Crippen LogP contribution is -2.47. The van der Waals surface area contributed by atoms with Crippen molar-refractivity contribution in [2.45, 2.75) is 32.5 Å². The van der Waals surface area contributed by atoms with Crippen LogP contribution in [0.2, 0.25) is 0 Å². The van der Waals surface area contributed by atoms with Crippen molar-refractivity contribution in [1.82, 2.24) is 4.31 Å². The van der Waals surface area contributed by atoms with Crippen LogP contribution >= 0.6 is 0 Å². The summed E-state index contributed by atoms with van der Waals surface area (Å²) in [5.74, 6) is -0.465. The molecule has 1 rings (SSSR count). The Labute approximate surface area is 120 Å². The van der Waals surface area contributed by atoms with Gasteiger partial charge in [-0.05, 0) is 13.8 Å². The Hall–Kier alpha value is -0.700. The van der Waals surface area contributed by atoms with Crippen molar-refractivity contribution in [3.63, 3.8) is 0 Å². The van der Waals surface area contributed by atoms with Crippen molar-refractivity contribution in [3.05, 3.63) is 0 Å². The van der Waals surface area contributed by atoms with Gasteiger partial charge in [-0.3, -0.25) is 4.79 Å². The van der Waals surface area contributed by atoms with E-state index in [4.69, 9.17) is 9.47 Å². The molecule has 0 amide bonds. The highest BCUT2D eigenvalue weighted by molar-refractivity contribution is 7.89. The molecule has 1 unspecified atom stereocenters. The van der Waals surface area contributed by atoms with E-state index >= 15 is 0 Å². The summed E-state index contributed by atoms with van der Waals surface area (Å²) in [6.45, 7) is 4.65. The molecule has 0 aromatic carbocycles. The molecule has 0 bridgehead atoms. The molecule has 0 saturated carbocycles. The lowest BCUT2D eigenvalue weighted by atomic mass is 10.2. The minimum absolute atomic E-state index is 0.00182. The average Bonchev–Trinajstić information content (AvgIpc) is 2.38. The van der Waals surface area contributed by atoms with Gasteiger partial charge in [0.15, 0.2) is 0 Å². The minimum Gasteiger partial charge on any atom is -0.469 e. The molecule has 1 saturated heterocycles. The van der Waals surface area contributed by atoms with Gasteiger partial charge in [-0.2, -0.15) is 4.31 Å². The quantitative estimate of drug-likeness (QED) is 0.616. The normalized spacial score (nSPS) is 21.1. The van der Waals surface area contributed by atoms with Gasteiger partial charge in [0.2, 0.25) is 10.0 Å². The number of sulfonamides is 1. The number of morpholine rings is 1. The predicted molar refractivity (Wildman–Crippen MR) is 72.8 cm³/mol. The van der Waals surface area contributed by atoms with Crippen molar-refractivity contribution >= 4 is 16.0 Å². The van der Waals surface area contributed by atoms with Gasteiger partial charge in [0.25, 0.3) is 0 Å². The molecule has 1 heterocycles. The fourth-order valence-corrected chi connectivity index (χ4v) is 3.17. The van der Waals surface area contributed by atoms with Crippen LogP contribution in [0.3, 0.4) is 0 Å². The van der Waals surface area contributed by atoms with Crippen molar-refractivity contribution in [3.8, 4) is 0 Å². The SMILES string of the molecule is COC(=O)CC1CN(S(=O)(=O)CCOC(C)C)CCO1. The molecule has 20 heavy (non-hydrogen) atoms. The van der Waals surface area contributed by atoms with E-state index < -0.39 is 22.1 Å². The summed E-state index contributed by atoms with van der Waals surface area (Å²) in [6.07, 6.45) is -0.385. The van der Waals surface area contributed by atoms with E-state index in [1.807, 2.05) is 13.8 Å². The third-order valence-electron chi connectivity index (χ3n) is 2.91. The Balaban J connectivity index is 2.50. The molecule has 0 aromatic rings. The first kappa shape index (κ1) is 17.4. The smallest absolute Gasteiger partial charge is 0.308 e. The lowest BCUT2D eigenvalue weighted by molar-refractivity contribution is -0.145. The maximum absolute atomic E-state index is 12.1. The second kappa shape index (κ2) is 7.92. The summed E-state index contributed by atoms with van der Waals surface area (Å²) in [6, 6.07) is 0. The largest absolute Gasteiger partial charge is 0.469 e. The number of esters is 1. The van der Waals surface area contributed by atoms with Crippen LogP contribution in [0.25, 0.3) is 0 Å². The number of hydrogen-bond donors (Lipinski definition) is 0. The molecular weight excluding hydrogens is 286 g/mol. The van der Waals surface area contributed by atoms with Gasteiger partial charge in [-0.15, -0.1) is 0 Å². The van der Waals surface area contributed by atoms with E-state index in [1.165, 1.54) is 11.4 Å². The van der Waals surface area contributed by atoms with E-state index in [2.05, 4.69) is 4.74 Å². The Morgan fingerprint density at radius 3 is 2.75 bits per heavy atom. The maximum atomic E-state index is 12.1. The maximum Gasteiger partial charge on any atom is 0.308 e. The van der Waals surface area contributed by atoms with Crippen LogP contribution in [-0.4, -0.2) is 70.1 Å². The van der Waals surface area contributed by atoms with Crippen molar-refractivity contribution in [2.75, 3.05) is 39.2 Å². The number of carbonyl (C=O) groups is 1. The molecule has 0 spiro atoms. The van der Waals surface area contributed by atoms with Gasteiger partial charge in [0.1, 0.15) is 0 Å². The third-order valence-corrected chi connectivity index (χ3v) is 4.71. The predicted octanol–water partition coefficient (Wildman–Crippen LogP) is 0.00510. The Bertz CT molecular complexity index is 408. The third kappa shape index (κ3) is 5.74. The van der Waals surface area contributed by atoms with Crippen LogP contribution in [0.15, 0.2) is 0 Å². The van der Waals surface area contributed by atoms with Crippen LogP contribution in [-0.2, 0) is 29.0 Å². The number of ether oxygens (including phenoxy) is 3. The molecule has 0 N–H and O–H groups in total. The first-order chi connectivity index (χ1) is 9.35. The molecule has 1 fully saturated rings. The summed E-state index contributed by atoms with van der Waals surface area (Å²) in [5, 5.41) is 0. The van der Waals surface area contributed by atoms with E-state index in [1.54, 1.807) is 0 Å². The van der Waals surface area contributed by atoms with Gasteiger partial charge in [0.05, 0.1) is 44.7 Å². The van der Waals surface area contributed by atoms with E-state index in [0.717, 1.165) is 0 Å². The van der Waals surface area contributed by atoms with Crippen LogP contribution in [0.1, 0.15) is 20.3 Å². The molecule has 1 aliphatic heterocycles. The minimum atomic E-state index is -3.38. The molecule has 1 aliphatic rings. The van der Waals surface area contributed by atoms with Gasteiger partial charge in [-0.1, -0.05) is 0 Å². The Morgan fingerprint density at radius 2 is 2.15 bits per heavy atom. The molecular formula is C12H23NO6S. The summed E-state index contributed by atoms with van der Waals surface area (Å²) >= 11 is 0. The first-order valence-corrected chi connectivity index (χ1v) is 8.24. The number of hydrogen-bond acceptors (Lipinski definition) is 6. The molecule has 118 valence electrons. The fourth-order valence-electron chi connectivity index (χ4n) is 1.86. The van der Waals surface area contributed by atoms with Crippen LogP contribution in [0.4, 0.5) is 0 Å². The number of methoxy groups -OCH3 is 1. The summed E-state index contributed by atoms with van der Waals surface area (Å²) in [5.41, 5.74) is 0. The summed E-state index contributed by atoms with van der Waals surface area (Å²) in [7, 11) is -2.08. The zero-order valence-corrected chi connectivity index (χ0v) is 13.0. The highest BCUT2D eigenvalue weighted by Crippen LogP contribution is 2.13. The monoisotopic (exact) mass is 309 g/mol. The van der Waals surface area contributed by atoms with Gasteiger partial charge < -0.3 is 14.2 Å². The molecule has 8 heteroatoms. The molecule has 1 atom stereocenters. The number of carbonyl (C=O) groups excluding carboxylic acids is 1. The molecule has 7 nitrogen and oxygen atoms in total.